The standard InChI is InChI=1S/C15H20N2OS/c1-10-4-5-15(18-3)12(6-10)7-14(17-16)13-9-19-8-11(13)2/h4-6,8-9,14,17H,7,16H2,1-3H3. The number of hydrogen-bond donors (Lipinski definition) is 2. The average molecular weight is 276 g/mol. The van der Waals surface area contributed by atoms with Crippen molar-refractivity contribution in [1.82, 2.24) is 5.43 Å². The summed E-state index contributed by atoms with van der Waals surface area (Å²) < 4.78 is 5.43. The Morgan fingerprint density at radius 1 is 1.32 bits per heavy atom. The smallest absolute Gasteiger partial charge is 0.122 e. The van der Waals surface area contributed by atoms with E-state index in [1.54, 1.807) is 18.4 Å². The lowest BCUT2D eigenvalue weighted by Gasteiger charge is -2.18. The summed E-state index contributed by atoms with van der Waals surface area (Å²) in [5.41, 5.74) is 7.86. The van der Waals surface area contributed by atoms with Crippen LogP contribution in [0.4, 0.5) is 0 Å². The van der Waals surface area contributed by atoms with Crippen LogP contribution in [0.1, 0.15) is 28.3 Å². The van der Waals surface area contributed by atoms with Gasteiger partial charge >= 0.3 is 0 Å². The van der Waals surface area contributed by atoms with Gasteiger partial charge in [-0.2, -0.15) is 11.3 Å². The van der Waals surface area contributed by atoms with Crippen LogP contribution in [-0.2, 0) is 6.42 Å². The van der Waals surface area contributed by atoms with Crippen LogP contribution >= 0.6 is 11.3 Å². The first-order chi connectivity index (χ1) is 9.15. The van der Waals surface area contributed by atoms with Gasteiger partial charge in [-0.05, 0) is 53.8 Å². The highest BCUT2D eigenvalue weighted by molar-refractivity contribution is 7.08. The van der Waals surface area contributed by atoms with Crippen LogP contribution in [0.2, 0.25) is 0 Å². The Kier molecular flexibility index (Phi) is 4.58. The van der Waals surface area contributed by atoms with Crippen molar-refractivity contribution in [1.29, 1.82) is 0 Å². The fourth-order valence-corrected chi connectivity index (χ4v) is 3.18. The molecular formula is C15H20N2OS. The summed E-state index contributed by atoms with van der Waals surface area (Å²) in [6.45, 7) is 4.20. The molecule has 0 radical (unpaired) electrons. The number of aryl methyl sites for hydroxylation is 2. The first-order valence-electron chi connectivity index (χ1n) is 6.28. The maximum atomic E-state index is 5.72. The van der Waals surface area contributed by atoms with E-state index in [0.717, 1.165) is 12.2 Å². The molecule has 1 unspecified atom stereocenters. The van der Waals surface area contributed by atoms with E-state index in [-0.39, 0.29) is 6.04 Å². The maximum Gasteiger partial charge on any atom is 0.122 e. The fourth-order valence-electron chi connectivity index (χ4n) is 2.27. The van der Waals surface area contributed by atoms with Gasteiger partial charge in [0.05, 0.1) is 13.2 Å². The molecule has 102 valence electrons. The Morgan fingerprint density at radius 2 is 2.11 bits per heavy atom. The zero-order valence-corrected chi connectivity index (χ0v) is 12.4. The van der Waals surface area contributed by atoms with Gasteiger partial charge in [0.2, 0.25) is 0 Å². The molecule has 0 amide bonds. The van der Waals surface area contributed by atoms with Crippen molar-refractivity contribution in [2.24, 2.45) is 5.84 Å². The van der Waals surface area contributed by atoms with Gasteiger partial charge in [-0.15, -0.1) is 0 Å². The van der Waals surface area contributed by atoms with Gasteiger partial charge in [-0.25, -0.2) is 0 Å². The third-order valence-corrected chi connectivity index (χ3v) is 4.21. The van der Waals surface area contributed by atoms with Gasteiger partial charge < -0.3 is 4.74 Å². The lowest BCUT2D eigenvalue weighted by Crippen LogP contribution is -2.29. The number of benzene rings is 1. The Labute approximate surface area is 118 Å². The van der Waals surface area contributed by atoms with E-state index < -0.39 is 0 Å². The van der Waals surface area contributed by atoms with Crippen molar-refractivity contribution < 1.29 is 4.74 Å². The number of nitrogens with two attached hydrogens (primary N) is 1. The molecule has 0 aliphatic rings. The molecule has 1 aromatic carbocycles. The van der Waals surface area contributed by atoms with Gasteiger partial charge in [-0.1, -0.05) is 17.7 Å². The van der Waals surface area contributed by atoms with Crippen molar-refractivity contribution in [3.63, 3.8) is 0 Å². The Balaban J connectivity index is 2.28. The highest BCUT2D eigenvalue weighted by Gasteiger charge is 2.16. The molecule has 3 nitrogen and oxygen atoms in total. The third-order valence-electron chi connectivity index (χ3n) is 3.33. The van der Waals surface area contributed by atoms with Crippen LogP contribution in [0.25, 0.3) is 0 Å². The average Bonchev–Trinajstić information content (AvgIpc) is 2.82. The van der Waals surface area contributed by atoms with E-state index >= 15 is 0 Å². The van der Waals surface area contributed by atoms with E-state index in [1.165, 1.54) is 22.3 Å². The van der Waals surface area contributed by atoms with Crippen LogP contribution in [0, 0.1) is 13.8 Å². The fraction of sp³-hybridized carbons (Fsp3) is 0.333. The molecule has 1 heterocycles. The number of methoxy groups -OCH3 is 1. The lowest BCUT2D eigenvalue weighted by atomic mass is 9.97. The van der Waals surface area contributed by atoms with Gasteiger partial charge in [0.15, 0.2) is 0 Å². The van der Waals surface area contributed by atoms with E-state index in [0.29, 0.717) is 0 Å². The van der Waals surface area contributed by atoms with Crippen molar-refractivity contribution in [3.8, 4) is 5.75 Å². The van der Waals surface area contributed by atoms with E-state index in [4.69, 9.17) is 10.6 Å². The normalized spacial score (nSPS) is 12.4. The van der Waals surface area contributed by atoms with Crippen LogP contribution in [-0.4, -0.2) is 7.11 Å². The number of rotatable bonds is 5. The Hall–Kier alpha value is -1.36. The topological polar surface area (TPSA) is 47.3 Å². The molecule has 4 heteroatoms. The van der Waals surface area contributed by atoms with Gasteiger partial charge in [0.25, 0.3) is 0 Å². The van der Waals surface area contributed by atoms with Gasteiger partial charge in [0, 0.05) is 0 Å². The second kappa shape index (κ2) is 6.19. The van der Waals surface area contributed by atoms with Crippen molar-refractivity contribution in [3.05, 3.63) is 51.2 Å². The summed E-state index contributed by atoms with van der Waals surface area (Å²) in [5.74, 6) is 6.64. The van der Waals surface area contributed by atoms with Crippen molar-refractivity contribution in [2.75, 3.05) is 7.11 Å². The summed E-state index contributed by atoms with van der Waals surface area (Å²) >= 11 is 1.71. The first-order valence-corrected chi connectivity index (χ1v) is 7.22. The number of ether oxygens (including phenoxy) is 1. The summed E-state index contributed by atoms with van der Waals surface area (Å²) in [6.07, 6.45) is 0.818. The molecule has 19 heavy (non-hydrogen) atoms. The van der Waals surface area contributed by atoms with Crippen LogP contribution in [0.3, 0.4) is 0 Å². The molecule has 0 saturated heterocycles. The molecule has 0 fully saturated rings. The van der Waals surface area contributed by atoms with Crippen molar-refractivity contribution >= 4 is 11.3 Å². The minimum atomic E-state index is 0.113. The number of thiophene rings is 1. The van der Waals surface area contributed by atoms with Gasteiger partial charge in [-0.3, -0.25) is 11.3 Å². The summed E-state index contributed by atoms with van der Waals surface area (Å²) in [6, 6.07) is 6.34. The molecule has 3 N–H and O–H groups in total. The Bertz CT molecular complexity index is 551. The minimum absolute atomic E-state index is 0.113. The van der Waals surface area contributed by atoms with Crippen LogP contribution in [0.5, 0.6) is 5.75 Å². The van der Waals surface area contributed by atoms with Gasteiger partial charge in [0.1, 0.15) is 5.75 Å². The largest absolute Gasteiger partial charge is 0.496 e. The molecule has 0 bridgehead atoms. The predicted molar refractivity (Wildman–Crippen MR) is 80.6 cm³/mol. The second-order valence-corrected chi connectivity index (χ2v) is 5.49. The lowest BCUT2D eigenvalue weighted by molar-refractivity contribution is 0.405. The Morgan fingerprint density at radius 3 is 2.68 bits per heavy atom. The molecule has 2 rings (SSSR count). The zero-order chi connectivity index (χ0) is 13.8. The maximum absolute atomic E-state index is 5.72. The third kappa shape index (κ3) is 3.15. The molecular weight excluding hydrogens is 256 g/mol. The van der Waals surface area contributed by atoms with E-state index in [2.05, 4.69) is 42.2 Å². The molecule has 0 aliphatic carbocycles. The quantitative estimate of drug-likeness (QED) is 0.651. The molecule has 0 saturated carbocycles. The van der Waals surface area contributed by atoms with E-state index in [1.807, 2.05) is 6.07 Å². The summed E-state index contributed by atoms with van der Waals surface area (Å²) in [7, 11) is 1.70. The molecule has 0 aliphatic heterocycles. The van der Waals surface area contributed by atoms with E-state index in [9.17, 15) is 0 Å². The predicted octanol–water partition coefficient (Wildman–Crippen LogP) is 3.12. The van der Waals surface area contributed by atoms with Crippen LogP contribution in [0.15, 0.2) is 29.0 Å². The number of hydrogen-bond acceptors (Lipinski definition) is 4. The summed E-state index contributed by atoms with van der Waals surface area (Å²) in [4.78, 5) is 0. The molecule has 0 spiro atoms. The second-order valence-electron chi connectivity index (χ2n) is 4.75. The van der Waals surface area contributed by atoms with Crippen molar-refractivity contribution in [2.45, 2.75) is 26.3 Å². The molecule has 1 aromatic heterocycles. The number of hydrazine groups is 1. The zero-order valence-electron chi connectivity index (χ0n) is 11.6. The highest BCUT2D eigenvalue weighted by Crippen LogP contribution is 2.28. The SMILES string of the molecule is COc1ccc(C)cc1CC(NN)c1cscc1C. The highest BCUT2D eigenvalue weighted by atomic mass is 32.1. The number of nitrogens with one attached hydrogen (secondary N) is 1. The first kappa shape index (κ1) is 14.1. The van der Waals surface area contributed by atoms with Crippen LogP contribution < -0.4 is 16.0 Å². The monoisotopic (exact) mass is 276 g/mol. The summed E-state index contributed by atoms with van der Waals surface area (Å²) in [5, 5.41) is 4.30. The molecule has 1 atom stereocenters. The minimum Gasteiger partial charge on any atom is -0.496 e. The molecule has 2 aromatic rings.